The summed E-state index contributed by atoms with van der Waals surface area (Å²) in [5.74, 6) is 1.36. The van der Waals surface area contributed by atoms with Crippen LogP contribution < -0.4 is 4.90 Å². The Morgan fingerprint density at radius 2 is 1.77 bits per heavy atom. The third kappa shape index (κ3) is 6.08. The molecular weight excluding hydrogens is 550 g/mol. The summed E-state index contributed by atoms with van der Waals surface area (Å²) in [7, 11) is 0. The van der Waals surface area contributed by atoms with E-state index >= 15 is 0 Å². The average molecular weight is 596 g/mol. The van der Waals surface area contributed by atoms with E-state index in [1.54, 1.807) is 0 Å². The Labute approximate surface area is 261 Å². The van der Waals surface area contributed by atoms with Gasteiger partial charge in [0.1, 0.15) is 11.4 Å². The number of nitrogens with zero attached hydrogens (tertiary/aromatic N) is 5. The van der Waals surface area contributed by atoms with Crippen molar-refractivity contribution in [3.8, 4) is 17.2 Å². The Morgan fingerprint density at radius 3 is 2.34 bits per heavy atom. The summed E-state index contributed by atoms with van der Waals surface area (Å²) in [6.07, 6.45) is 3.90. The molecule has 0 unspecified atom stereocenters. The predicted octanol–water partition coefficient (Wildman–Crippen LogP) is 7.29. The second kappa shape index (κ2) is 11.6. The molecule has 3 fully saturated rings. The van der Waals surface area contributed by atoms with Crippen molar-refractivity contribution in [2.24, 2.45) is 5.92 Å². The summed E-state index contributed by atoms with van der Waals surface area (Å²) in [6.45, 7) is 16.4. The van der Waals surface area contributed by atoms with Crippen LogP contribution in [-0.2, 0) is 10.2 Å². The van der Waals surface area contributed by atoms with Gasteiger partial charge in [-0.2, -0.15) is 5.26 Å². The van der Waals surface area contributed by atoms with E-state index in [0.717, 1.165) is 92.2 Å². The molecule has 44 heavy (non-hydrogen) atoms. The first-order valence-corrected chi connectivity index (χ1v) is 16.0. The van der Waals surface area contributed by atoms with E-state index in [1.165, 1.54) is 11.3 Å². The van der Waals surface area contributed by atoms with Crippen molar-refractivity contribution < 1.29 is 14.1 Å². The summed E-state index contributed by atoms with van der Waals surface area (Å²) >= 11 is 0. The summed E-state index contributed by atoms with van der Waals surface area (Å²) in [6, 6.07) is 18.3. The zero-order chi connectivity index (χ0) is 31.2. The van der Waals surface area contributed by atoms with Crippen molar-refractivity contribution in [3.05, 3.63) is 65.0 Å². The molecular formula is C36H45N5O3. The number of benzene rings is 2. The maximum atomic E-state index is 12.4. The van der Waals surface area contributed by atoms with Crippen LogP contribution in [0, 0.1) is 38.0 Å². The first kappa shape index (κ1) is 30.2. The Morgan fingerprint density at radius 1 is 1.09 bits per heavy atom. The lowest BCUT2D eigenvalue weighted by Gasteiger charge is -2.47. The van der Waals surface area contributed by atoms with Gasteiger partial charge in [0, 0.05) is 42.6 Å². The van der Waals surface area contributed by atoms with E-state index in [0.29, 0.717) is 12.0 Å². The molecule has 0 radical (unpaired) electrons. The molecule has 0 atom stereocenters. The highest BCUT2D eigenvalue weighted by molar-refractivity contribution is 5.76. The van der Waals surface area contributed by atoms with E-state index in [2.05, 4.69) is 70.4 Å². The van der Waals surface area contributed by atoms with E-state index in [4.69, 9.17) is 9.26 Å². The zero-order valence-corrected chi connectivity index (χ0v) is 27.0. The number of aryl methyl sites for hydroxylation is 3. The van der Waals surface area contributed by atoms with Crippen LogP contribution in [0.15, 0.2) is 47.0 Å². The van der Waals surface area contributed by atoms with Crippen molar-refractivity contribution in [3.63, 3.8) is 0 Å². The summed E-state index contributed by atoms with van der Waals surface area (Å²) in [5, 5.41) is 14.0. The van der Waals surface area contributed by atoms with Gasteiger partial charge in [0.25, 0.3) is 0 Å². The molecule has 8 heteroatoms. The Kier molecular flexibility index (Phi) is 7.96. The number of hydrogen-bond acceptors (Lipinski definition) is 7. The number of ether oxygens (including phenoxy) is 1. The number of rotatable bonds is 7. The maximum Gasteiger partial charge on any atom is 0.410 e. The van der Waals surface area contributed by atoms with Gasteiger partial charge in [0.15, 0.2) is 0 Å². The molecule has 8 nitrogen and oxygen atoms in total. The third-order valence-electron chi connectivity index (χ3n) is 9.64. The number of piperidine rings is 1. The first-order valence-electron chi connectivity index (χ1n) is 16.0. The molecule has 2 aromatic carbocycles. The van der Waals surface area contributed by atoms with Crippen LogP contribution in [0.25, 0.3) is 11.1 Å². The molecule has 1 aliphatic carbocycles. The minimum absolute atomic E-state index is 0.207. The van der Waals surface area contributed by atoms with Gasteiger partial charge >= 0.3 is 6.09 Å². The van der Waals surface area contributed by atoms with Gasteiger partial charge in [0.2, 0.25) is 0 Å². The lowest BCUT2D eigenvalue weighted by atomic mass is 9.92. The molecule has 0 bridgehead atoms. The van der Waals surface area contributed by atoms with Crippen LogP contribution in [0.3, 0.4) is 0 Å². The number of nitriles is 1. The molecule has 1 amide bonds. The van der Waals surface area contributed by atoms with Gasteiger partial charge in [-0.25, -0.2) is 4.79 Å². The van der Waals surface area contributed by atoms with Crippen LogP contribution in [0.5, 0.6) is 0 Å². The summed E-state index contributed by atoms with van der Waals surface area (Å²) in [5.41, 5.74) is 6.98. The highest BCUT2D eigenvalue weighted by atomic mass is 16.6. The first-order chi connectivity index (χ1) is 21.0. The van der Waals surface area contributed by atoms with Crippen LogP contribution in [0.4, 0.5) is 16.2 Å². The molecule has 3 aliphatic rings. The van der Waals surface area contributed by atoms with Gasteiger partial charge in [-0.3, -0.25) is 4.90 Å². The van der Waals surface area contributed by atoms with Gasteiger partial charge in [-0.1, -0.05) is 29.4 Å². The van der Waals surface area contributed by atoms with Crippen LogP contribution in [0.1, 0.15) is 69.0 Å². The Balaban J connectivity index is 1.19. The van der Waals surface area contributed by atoms with Crippen molar-refractivity contribution in [2.75, 3.05) is 37.6 Å². The largest absolute Gasteiger partial charge is 0.444 e. The van der Waals surface area contributed by atoms with Crippen molar-refractivity contribution >= 4 is 17.5 Å². The van der Waals surface area contributed by atoms with Crippen molar-refractivity contribution in [1.29, 1.82) is 5.26 Å². The van der Waals surface area contributed by atoms with E-state index < -0.39 is 5.60 Å². The number of carbonyl (C=O) groups is 1. The van der Waals surface area contributed by atoms with Crippen LogP contribution in [0.2, 0.25) is 0 Å². The minimum atomic E-state index is -0.466. The zero-order valence-electron chi connectivity index (χ0n) is 27.0. The van der Waals surface area contributed by atoms with E-state index in [1.807, 2.05) is 39.5 Å². The smallest absolute Gasteiger partial charge is 0.410 e. The molecule has 2 saturated heterocycles. The normalized spacial score (nSPS) is 18.9. The third-order valence-corrected chi connectivity index (χ3v) is 9.64. The molecule has 1 saturated carbocycles. The number of carbonyl (C=O) groups excluding carboxylic acids is 1. The second-order valence-corrected chi connectivity index (χ2v) is 14.1. The van der Waals surface area contributed by atoms with Crippen molar-refractivity contribution in [1.82, 2.24) is 15.0 Å². The number of anilines is 2. The highest BCUT2D eigenvalue weighted by Crippen LogP contribution is 2.48. The molecule has 6 rings (SSSR count). The summed E-state index contributed by atoms with van der Waals surface area (Å²) < 4.78 is 11.1. The quantitative estimate of drug-likeness (QED) is 0.283. The molecule has 1 aromatic heterocycles. The molecule has 0 spiro atoms. The van der Waals surface area contributed by atoms with E-state index in [9.17, 15) is 10.1 Å². The molecule has 0 N–H and O–H groups in total. The number of amides is 1. The number of hydrogen-bond donors (Lipinski definition) is 0. The van der Waals surface area contributed by atoms with Crippen molar-refractivity contribution in [2.45, 2.75) is 84.3 Å². The van der Waals surface area contributed by atoms with E-state index in [-0.39, 0.29) is 11.5 Å². The van der Waals surface area contributed by atoms with Gasteiger partial charge < -0.3 is 19.1 Å². The molecule has 2 aliphatic heterocycles. The molecule has 3 heterocycles. The Bertz CT molecular complexity index is 1530. The van der Waals surface area contributed by atoms with Gasteiger partial charge in [0.05, 0.1) is 17.2 Å². The maximum absolute atomic E-state index is 12.4. The monoisotopic (exact) mass is 595 g/mol. The fourth-order valence-corrected chi connectivity index (χ4v) is 6.76. The lowest BCUT2D eigenvalue weighted by molar-refractivity contribution is -0.0213. The topological polar surface area (TPSA) is 85.8 Å². The molecule has 232 valence electrons. The highest BCUT2D eigenvalue weighted by Gasteiger charge is 2.45. The minimum Gasteiger partial charge on any atom is -0.444 e. The number of likely N-dealkylation sites (tertiary alicyclic amines) is 2. The van der Waals surface area contributed by atoms with Gasteiger partial charge in [-0.05, 0) is 121 Å². The predicted molar refractivity (Wildman–Crippen MR) is 172 cm³/mol. The lowest BCUT2D eigenvalue weighted by Crippen LogP contribution is -2.62. The van der Waals surface area contributed by atoms with Gasteiger partial charge in [-0.15, -0.1) is 0 Å². The second-order valence-electron chi connectivity index (χ2n) is 14.1. The molecule has 3 aromatic rings. The summed E-state index contributed by atoms with van der Waals surface area (Å²) in [4.78, 5) is 19.3. The van der Waals surface area contributed by atoms with Crippen LogP contribution in [-0.4, -0.2) is 65.4 Å². The number of aromatic nitrogens is 1. The average Bonchev–Trinajstić information content (AvgIpc) is 3.69. The Hall–Kier alpha value is -3.83. The fraction of sp³-hybridized carbons (Fsp3) is 0.528. The van der Waals surface area contributed by atoms with Crippen LogP contribution >= 0.6 is 0 Å². The fourth-order valence-electron chi connectivity index (χ4n) is 6.76. The SMILES string of the molecule is Cc1ccc(-c2c(C)noc2C)cc1N(CC1CCN(C2CN(C(=O)OC(C)(C)C)C2)CC1)c1ccc(C2(C#N)CC2)cc1. The standard InChI is InChI=1S/C36H45N5O3/c1-24-7-8-28(33-25(2)38-44-26(33)3)19-32(24)41(30-11-9-29(10-12-30)36(23-37)15-16-36)20-27-13-17-39(18-14-27)31-21-40(22-31)34(42)43-35(4,5)6/h7-12,19,27,31H,13-18,20-22H2,1-6H3.